The van der Waals surface area contributed by atoms with E-state index in [0.29, 0.717) is 6.54 Å². The van der Waals surface area contributed by atoms with Crippen LogP contribution in [0, 0.1) is 0 Å². The highest BCUT2D eigenvalue weighted by Crippen LogP contribution is 2.13. The van der Waals surface area contributed by atoms with E-state index in [1.807, 2.05) is 30.1 Å². The van der Waals surface area contributed by atoms with Gasteiger partial charge in [-0.25, -0.2) is 9.50 Å². The predicted molar refractivity (Wildman–Crippen MR) is 63.5 cm³/mol. The van der Waals surface area contributed by atoms with Crippen LogP contribution < -0.4 is 5.32 Å². The highest BCUT2D eigenvalue weighted by molar-refractivity contribution is 5.66. The third-order valence-electron chi connectivity index (χ3n) is 2.68. The van der Waals surface area contributed by atoms with Crippen LogP contribution in [0.5, 0.6) is 0 Å². The van der Waals surface area contributed by atoms with Crippen LogP contribution in [0.15, 0.2) is 36.9 Å². The summed E-state index contributed by atoms with van der Waals surface area (Å²) in [6.45, 7) is 0.689. The van der Waals surface area contributed by atoms with Crippen LogP contribution in [0.25, 0.3) is 5.52 Å². The minimum absolute atomic E-state index is 0.689. The molecule has 17 heavy (non-hydrogen) atoms. The average Bonchev–Trinajstić information content (AvgIpc) is 2.95. The Kier molecular flexibility index (Phi) is 2.25. The maximum Gasteiger partial charge on any atom is 0.152 e. The van der Waals surface area contributed by atoms with Gasteiger partial charge in [-0.3, -0.25) is 4.68 Å². The third-order valence-corrected chi connectivity index (χ3v) is 2.68. The predicted octanol–water partition coefficient (Wildman–Crippen LogP) is 1.07. The van der Waals surface area contributed by atoms with Crippen molar-refractivity contribution < 1.29 is 0 Å². The molecule has 0 aliphatic carbocycles. The molecule has 0 saturated carbocycles. The lowest BCUT2D eigenvalue weighted by molar-refractivity contribution is 0.720. The van der Waals surface area contributed by atoms with Gasteiger partial charge in [-0.15, -0.1) is 0 Å². The van der Waals surface area contributed by atoms with E-state index in [1.54, 1.807) is 23.1 Å². The number of anilines is 1. The first-order valence-electron chi connectivity index (χ1n) is 5.34. The normalized spacial score (nSPS) is 10.9. The monoisotopic (exact) mass is 228 g/mol. The minimum Gasteiger partial charge on any atom is -0.363 e. The second-order valence-corrected chi connectivity index (χ2v) is 3.74. The molecule has 0 radical (unpaired) electrons. The maximum atomic E-state index is 4.31. The Hall–Kier alpha value is -2.37. The lowest BCUT2D eigenvalue weighted by atomic mass is 10.4. The first kappa shape index (κ1) is 9.83. The van der Waals surface area contributed by atoms with Crippen LogP contribution >= 0.6 is 0 Å². The zero-order valence-electron chi connectivity index (χ0n) is 9.41. The summed E-state index contributed by atoms with van der Waals surface area (Å²) in [6, 6.07) is 3.90. The summed E-state index contributed by atoms with van der Waals surface area (Å²) in [6.07, 6.45) is 7.09. The van der Waals surface area contributed by atoms with Gasteiger partial charge in [0.05, 0.1) is 18.4 Å². The molecule has 3 heterocycles. The second-order valence-electron chi connectivity index (χ2n) is 3.74. The molecule has 3 aromatic heterocycles. The first-order valence-corrected chi connectivity index (χ1v) is 5.34. The van der Waals surface area contributed by atoms with E-state index < -0.39 is 0 Å². The van der Waals surface area contributed by atoms with E-state index in [1.165, 1.54) is 0 Å². The van der Waals surface area contributed by atoms with Crippen molar-refractivity contribution in [3.63, 3.8) is 0 Å². The molecule has 0 aromatic carbocycles. The van der Waals surface area contributed by atoms with Gasteiger partial charge in [-0.2, -0.15) is 10.2 Å². The molecule has 0 bridgehead atoms. The quantitative estimate of drug-likeness (QED) is 0.728. The van der Waals surface area contributed by atoms with Gasteiger partial charge in [0.2, 0.25) is 0 Å². The molecule has 3 aromatic rings. The van der Waals surface area contributed by atoms with Crippen LogP contribution in [-0.2, 0) is 13.6 Å². The molecule has 86 valence electrons. The number of nitrogens with one attached hydrogen (secondary N) is 1. The molecule has 0 atom stereocenters. The molecule has 0 spiro atoms. The Bertz CT molecular complexity index is 638. The highest BCUT2D eigenvalue weighted by atomic mass is 15.3. The molecule has 0 unspecified atom stereocenters. The van der Waals surface area contributed by atoms with E-state index in [9.17, 15) is 0 Å². The molecule has 6 nitrogen and oxygen atoms in total. The molecule has 0 fully saturated rings. The summed E-state index contributed by atoms with van der Waals surface area (Å²) >= 11 is 0. The van der Waals surface area contributed by atoms with Gasteiger partial charge in [0.15, 0.2) is 5.82 Å². The maximum absolute atomic E-state index is 4.31. The topological polar surface area (TPSA) is 60.0 Å². The smallest absolute Gasteiger partial charge is 0.152 e. The van der Waals surface area contributed by atoms with Crippen LogP contribution in [0.1, 0.15) is 5.69 Å². The van der Waals surface area contributed by atoms with Gasteiger partial charge in [0.1, 0.15) is 5.52 Å². The fourth-order valence-electron chi connectivity index (χ4n) is 1.74. The summed E-state index contributed by atoms with van der Waals surface area (Å²) in [4.78, 5) is 4.31. The van der Waals surface area contributed by atoms with E-state index in [4.69, 9.17) is 0 Å². The standard InChI is InChI=1S/C11H12N6/c1-16-9(2-4-14-16)8-13-11-10-3-5-15-17(10)7-6-12-11/h2-7H,8H2,1H3,(H,12,13). The Balaban J connectivity index is 1.86. The van der Waals surface area contributed by atoms with Gasteiger partial charge >= 0.3 is 0 Å². The fourth-order valence-corrected chi connectivity index (χ4v) is 1.74. The van der Waals surface area contributed by atoms with E-state index >= 15 is 0 Å². The molecule has 6 heteroatoms. The van der Waals surface area contributed by atoms with E-state index in [-0.39, 0.29) is 0 Å². The Morgan fingerprint density at radius 1 is 1.18 bits per heavy atom. The van der Waals surface area contributed by atoms with Crippen LogP contribution in [0.4, 0.5) is 5.82 Å². The fraction of sp³-hybridized carbons (Fsp3) is 0.182. The lowest BCUT2D eigenvalue weighted by Crippen LogP contribution is -2.07. The van der Waals surface area contributed by atoms with Crippen LogP contribution in [0.3, 0.4) is 0 Å². The van der Waals surface area contributed by atoms with Crippen molar-refractivity contribution >= 4 is 11.3 Å². The Labute approximate surface area is 97.9 Å². The molecule has 0 aliphatic rings. The number of rotatable bonds is 3. The summed E-state index contributed by atoms with van der Waals surface area (Å²) in [7, 11) is 1.92. The second kappa shape index (κ2) is 3.89. The van der Waals surface area contributed by atoms with Gasteiger partial charge in [-0.05, 0) is 12.1 Å². The largest absolute Gasteiger partial charge is 0.363 e. The SMILES string of the molecule is Cn1nccc1CNc1nccn2nccc12. The van der Waals surface area contributed by atoms with E-state index in [2.05, 4.69) is 20.5 Å². The first-order chi connectivity index (χ1) is 8.34. The summed E-state index contributed by atoms with van der Waals surface area (Å²) in [5.41, 5.74) is 2.07. The Morgan fingerprint density at radius 2 is 2.06 bits per heavy atom. The number of aryl methyl sites for hydroxylation is 1. The number of nitrogens with zero attached hydrogens (tertiary/aromatic N) is 5. The lowest BCUT2D eigenvalue weighted by Gasteiger charge is -2.06. The van der Waals surface area contributed by atoms with Gasteiger partial charge in [0, 0.05) is 25.6 Å². The van der Waals surface area contributed by atoms with Crippen molar-refractivity contribution in [1.82, 2.24) is 24.4 Å². The van der Waals surface area contributed by atoms with Crippen molar-refractivity contribution in [2.75, 3.05) is 5.32 Å². The van der Waals surface area contributed by atoms with Crippen molar-refractivity contribution in [2.24, 2.45) is 7.05 Å². The van der Waals surface area contributed by atoms with Gasteiger partial charge < -0.3 is 5.32 Å². The van der Waals surface area contributed by atoms with Crippen molar-refractivity contribution in [3.8, 4) is 0 Å². The molecule has 3 rings (SSSR count). The highest BCUT2D eigenvalue weighted by Gasteiger charge is 2.03. The van der Waals surface area contributed by atoms with Gasteiger partial charge in [0.25, 0.3) is 0 Å². The summed E-state index contributed by atoms with van der Waals surface area (Å²) < 4.78 is 3.63. The Morgan fingerprint density at radius 3 is 2.88 bits per heavy atom. The molecular formula is C11H12N6. The van der Waals surface area contributed by atoms with Crippen LogP contribution in [-0.4, -0.2) is 24.4 Å². The molecule has 0 aliphatic heterocycles. The van der Waals surface area contributed by atoms with Crippen molar-refractivity contribution in [3.05, 3.63) is 42.6 Å². The van der Waals surface area contributed by atoms with Crippen molar-refractivity contribution in [2.45, 2.75) is 6.54 Å². The third kappa shape index (κ3) is 1.73. The molecule has 1 N–H and O–H groups in total. The number of hydrogen-bond acceptors (Lipinski definition) is 4. The van der Waals surface area contributed by atoms with Crippen molar-refractivity contribution in [1.29, 1.82) is 0 Å². The number of fused-ring (bicyclic) bond motifs is 1. The average molecular weight is 228 g/mol. The number of aromatic nitrogens is 5. The zero-order valence-corrected chi connectivity index (χ0v) is 9.41. The summed E-state index contributed by atoms with van der Waals surface area (Å²) in [5, 5.41) is 11.6. The number of hydrogen-bond donors (Lipinski definition) is 1. The van der Waals surface area contributed by atoms with E-state index in [0.717, 1.165) is 17.0 Å². The summed E-state index contributed by atoms with van der Waals surface area (Å²) in [5.74, 6) is 0.825. The van der Waals surface area contributed by atoms with Crippen LogP contribution in [0.2, 0.25) is 0 Å². The molecular weight excluding hydrogens is 216 g/mol. The van der Waals surface area contributed by atoms with Gasteiger partial charge in [-0.1, -0.05) is 0 Å². The minimum atomic E-state index is 0.689. The zero-order chi connectivity index (χ0) is 11.7. The molecule has 0 saturated heterocycles. The molecule has 0 amide bonds.